The maximum atomic E-state index is 12.8. The Balaban J connectivity index is 2.06. The molecule has 0 aromatic carbocycles. The van der Waals surface area contributed by atoms with Crippen molar-refractivity contribution >= 4 is 29.1 Å². The van der Waals surface area contributed by atoms with Gasteiger partial charge in [0, 0.05) is 19.6 Å². The zero-order valence-corrected chi connectivity index (χ0v) is 14.9. The van der Waals surface area contributed by atoms with Crippen molar-refractivity contribution in [2.24, 2.45) is 5.92 Å². The van der Waals surface area contributed by atoms with E-state index in [1.165, 1.54) is 32.1 Å². The molecule has 124 valence electrons. The molecule has 0 spiro atoms. The minimum absolute atomic E-state index is 0.0128. The number of aromatic nitrogens is 1. The lowest BCUT2D eigenvalue weighted by molar-refractivity contribution is 0.0696. The largest absolute Gasteiger partial charge is 0.340 e. The summed E-state index contributed by atoms with van der Waals surface area (Å²) in [4.78, 5) is 19.7. The molecule has 2 rings (SSSR count). The van der Waals surface area contributed by atoms with Crippen molar-refractivity contribution in [2.45, 2.75) is 32.1 Å². The molecule has 0 aliphatic heterocycles. The first kappa shape index (κ1) is 17.6. The summed E-state index contributed by atoms with van der Waals surface area (Å²) in [5, 5.41) is 0.727. The van der Waals surface area contributed by atoms with Crippen LogP contribution in [0, 0.1) is 5.92 Å². The Kier molecular flexibility index (Phi) is 6.60. The Morgan fingerprint density at radius 2 is 1.91 bits per heavy atom. The molecule has 1 aromatic heterocycles. The van der Waals surface area contributed by atoms with Crippen LogP contribution in [-0.4, -0.2) is 54.4 Å². The number of carbonyl (C=O) groups excluding carboxylic acids is 1. The smallest absolute Gasteiger partial charge is 0.270 e. The normalized spacial score (nSPS) is 16.2. The molecular weight excluding hydrogens is 321 g/mol. The van der Waals surface area contributed by atoms with Gasteiger partial charge < -0.3 is 14.8 Å². The van der Waals surface area contributed by atoms with Crippen molar-refractivity contribution in [3.05, 3.63) is 21.9 Å². The predicted octanol–water partition coefficient (Wildman–Crippen LogP) is 3.91. The average Bonchev–Trinajstić information content (AvgIpc) is 2.83. The number of hydrogen-bond acceptors (Lipinski definition) is 2. The summed E-state index contributed by atoms with van der Waals surface area (Å²) in [6.45, 7) is 2.39. The molecule has 1 fully saturated rings. The van der Waals surface area contributed by atoms with Crippen LogP contribution in [0.1, 0.15) is 42.6 Å². The van der Waals surface area contributed by atoms with Crippen LogP contribution in [0.2, 0.25) is 10.2 Å². The number of halogens is 2. The first-order valence-corrected chi connectivity index (χ1v) is 8.71. The number of nitrogens with one attached hydrogen (secondary N) is 1. The molecule has 4 nitrogen and oxygen atoms in total. The van der Waals surface area contributed by atoms with E-state index in [9.17, 15) is 4.79 Å². The van der Waals surface area contributed by atoms with Crippen LogP contribution < -0.4 is 0 Å². The van der Waals surface area contributed by atoms with Crippen LogP contribution in [0.15, 0.2) is 6.07 Å². The van der Waals surface area contributed by atoms with Gasteiger partial charge in [0.2, 0.25) is 0 Å². The van der Waals surface area contributed by atoms with Gasteiger partial charge in [-0.3, -0.25) is 4.79 Å². The van der Waals surface area contributed by atoms with Crippen LogP contribution in [0.5, 0.6) is 0 Å². The molecule has 1 aliphatic carbocycles. The molecule has 6 heteroatoms. The highest BCUT2D eigenvalue weighted by Gasteiger charge is 2.23. The second kappa shape index (κ2) is 8.23. The first-order chi connectivity index (χ1) is 10.5. The maximum Gasteiger partial charge on any atom is 0.270 e. The Bertz CT molecular complexity index is 476. The van der Waals surface area contributed by atoms with Crippen LogP contribution in [-0.2, 0) is 0 Å². The Labute approximate surface area is 142 Å². The summed E-state index contributed by atoms with van der Waals surface area (Å²) >= 11 is 11.9. The molecule has 0 unspecified atom stereocenters. The number of amides is 1. The number of carbonyl (C=O) groups is 1. The van der Waals surface area contributed by atoms with Gasteiger partial charge in [-0.2, -0.15) is 0 Å². The van der Waals surface area contributed by atoms with Gasteiger partial charge >= 0.3 is 0 Å². The van der Waals surface area contributed by atoms with E-state index in [4.69, 9.17) is 23.2 Å². The van der Waals surface area contributed by atoms with Gasteiger partial charge in [-0.1, -0.05) is 42.5 Å². The van der Waals surface area contributed by atoms with Crippen LogP contribution >= 0.6 is 23.2 Å². The van der Waals surface area contributed by atoms with E-state index in [0.29, 0.717) is 21.8 Å². The zero-order chi connectivity index (χ0) is 16.1. The summed E-state index contributed by atoms with van der Waals surface area (Å²) in [6.07, 6.45) is 6.32. The van der Waals surface area contributed by atoms with E-state index < -0.39 is 0 Å². The van der Waals surface area contributed by atoms with Crippen LogP contribution in [0.25, 0.3) is 0 Å². The van der Waals surface area contributed by atoms with E-state index in [-0.39, 0.29) is 5.91 Å². The minimum atomic E-state index is -0.0128. The molecule has 1 N–H and O–H groups in total. The molecular formula is C16H25Cl2N3O. The molecule has 1 aliphatic rings. The van der Waals surface area contributed by atoms with Gasteiger partial charge in [-0.25, -0.2) is 0 Å². The third-order valence-electron chi connectivity index (χ3n) is 4.26. The second-order valence-electron chi connectivity index (χ2n) is 6.40. The van der Waals surface area contributed by atoms with E-state index in [1.807, 2.05) is 19.0 Å². The lowest BCUT2D eigenvalue weighted by Crippen LogP contribution is -2.40. The molecule has 1 amide bonds. The fourth-order valence-corrected chi connectivity index (χ4v) is 3.28. The third-order valence-corrected chi connectivity index (χ3v) is 4.96. The van der Waals surface area contributed by atoms with E-state index >= 15 is 0 Å². The van der Waals surface area contributed by atoms with Gasteiger partial charge in [0.05, 0.1) is 5.02 Å². The highest BCUT2D eigenvalue weighted by Crippen LogP contribution is 2.26. The summed E-state index contributed by atoms with van der Waals surface area (Å²) in [6, 6.07) is 1.62. The lowest BCUT2D eigenvalue weighted by Gasteiger charge is -2.30. The highest BCUT2D eigenvalue weighted by atomic mass is 35.5. The maximum absolute atomic E-state index is 12.8. The predicted molar refractivity (Wildman–Crippen MR) is 91.8 cm³/mol. The van der Waals surface area contributed by atoms with Gasteiger partial charge in [0.15, 0.2) is 0 Å². The fourth-order valence-electron chi connectivity index (χ4n) is 2.97. The molecule has 0 bridgehead atoms. The number of nitrogens with zero attached hydrogens (tertiary/aromatic N) is 2. The first-order valence-electron chi connectivity index (χ1n) is 7.95. The van der Waals surface area contributed by atoms with Crippen molar-refractivity contribution < 1.29 is 4.79 Å². The number of H-pyrrole nitrogens is 1. The molecule has 1 heterocycles. The van der Waals surface area contributed by atoms with Crippen molar-refractivity contribution in [1.82, 2.24) is 14.8 Å². The van der Waals surface area contributed by atoms with Gasteiger partial charge in [0.1, 0.15) is 10.8 Å². The molecule has 0 radical (unpaired) electrons. The van der Waals surface area contributed by atoms with Crippen molar-refractivity contribution in [3.8, 4) is 0 Å². The summed E-state index contributed by atoms with van der Waals surface area (Å²) < 4.78 is 0. The molecule has 0 saturated heterocycles. The minimum Gasteiger partial charge on any atom is -0.340 e. The third kappa shape index (κ3) is 4.90. The summed E-state index contributed by atoms with van der Waals surface area (Å²) in [7, 11) is 4.04. The Morgan fingerprint density at radius 3 is 2.45 bits per heavy atom. The Morgan fingerprint density at radius 1 is 1.23 bits per heavy atom. The van der Waals surface area contributed by atoms with Crippen LogP contribution in [0.3, 0.4) is 0 Å². The molecule has 1 aromatic rings. The fraction of sp³-hybridized carbons (Fsp3) is 0.688. The zero-order valence-electron chi connectivity index (χ0n) is 13.4. The Hall–Kier alpha value is -0.710. The number of aromatic amines is 1. The number of likely N-dealkylation sites (N-methyl/N-ethyl adjacent to an activating group) is 1. The van der Waals surface area contributed by atoms with Gasteiger partial charge in [0.25, 0.3) is 5.91 Å². The average molecular weight is 346 g/mol. The van der Waals surface area contributed by atoms with E-state index in [0.717, 1.165) is 19.6 Å². The quantitative estimate of drug-likeness (QED) is 0.848. The second-order valence-corrected chi connectivity index (χ2v) is 7.19. The molecule has 0 atom stereocenters. The van der Waals surface area contributed by atoms with Gasteiger partial charge in [-0.15, -0.1) is 0 Å². The van der Waals surface area contributed by atoms with Crippen molar-refractivity contribution in [2.75, 3.05) is 33.7 Å². The topological polar surface area (TPSA) is 39.3 Å². The highest BCUT2D eigenvalue weighted by molar-refractivity contribution is 6.41. The standard InChI is InChI=1S/C16H25Cl2N3O/c1-20(2)8-9-21(11-12-6-4-3-5-7-12)16(22)14-10-13(17)15(18)19-14/h10,12,19H,3-9,11H2,1-2H3. The van der Waals surface area contributed by atoms with E-state index in [1.54, 1.807) is 6.07 Å². The summed E-state index contributed by atoms with van der Waals surface area (Å²) in [5.74, 6) is 0.599. The lowest BCUT2D eigenvalue weighted by atomic mass is 9.89. The molecule has 1 saturated carbocycles. The number of hydrogen-bond donors (Lipinski definition) is 1. The number of rotatable bonds is 6. The summed E-state index contributed by atoms with van der Waals surface area (Å²) in [5.41, 5.74) is 0.476. The van der Waals surface area contributed by atoms with E-state index in [2.05, 4.69) is 9.88 Å². The van der Waals surface area contributed by atoms with Crippen molar-refractivity contribution in [3.63, 3.8) is 0 Å². The monoisotopic (exact) mass is 345 g/mol. The van der Waals surface area contributed by atoms with Crippen molar-refractivity contribution in [1.29, 1.82) is 0 Å². The molecule has 22 heavy (non-hydrogen) atoms. The SMILES string of the molecule is CN(C)CCN(CC1CCCCC1)C(=O)c1cc(Cl)c(Cl)[nH]1. The van der Waals surface area contributed by atoms with Gasteiger partial charge in [-0.05, 0) is 38.9 Å². The van der Waals surface area contributed by atoms with Crippen LogP contribution in [0.4, 0.5) is 0 Å².